The van der Waals surface area contributed by atoms with E-state index in [1.54, 1.807) is 6.33 Å². The lowest BCUT2D eigenvalue weighted by Crippen LogP contribution is -2.46. The molecule has 2 N–H and O–H groups in total. The zero-order valence-electron chi connectivity index (χ0n) is 12.1. The van der Waals surface area contributed by atoms with Crippen LogP contribution in [0, 0.1) is 5.41 Å². The second kappa shape index (κ2) is 4.93. The highest BCUT2D eigenvalue weighted by atomic mass is 16.1. The van der Waals surface area contributed by atoms with Gasteiger partial charge in [-0.3, -0.25) is 4.79 Å². The summed E-state index contributed by atoms with van der Waals surface area (Å²) in [5, 5.41) is 3.21. The van der Waals surface area contributed by atoms with Crippen molar-refractivity contribution in [3.63, 3.8) is 0 Å². The van der Waals surface area contributed by atoms with Gasteiger partial charge in [0.1, 0.15) is 0 Å². The Morgan fingerprint density at radius 3 is 3.05 bits per heavy atom. The summed E-state index contributed by atoms with van der Waals surface area (Å²) in [6, 6.07) is 5.86. The van der Waals surface area contributed by atoms with E-state index in [4.69, 9.17) is 0 Å². The summed E-state index contributed by atoms with van der Waals surface area (Å²) in [4.78, 5) is 19.6. The van der Waals surface area contributed by atoms with Crippen molar-refractivity contribution >= 4 is 16.9 Å². The Kier molecular flexibility index (Phi) is 3.24. The van der Waals surface area contributed by atoms with Crippen LogP contribution in [0.4, 0.5) is 0 Å². The van der Waals surface area contributed by atoms with Crippen LogP contribution in [0.15, 0.2) is 24.5 Å². The molecule has 4 nitrogen and oxygen atoms in total. The normalized spacial score (nSPS) is 21.8. The first-order chi connectivity index (χ1) is 9.56. The number of aromatic amines is 1. The van der Waals surface area contributed by atoms with Gasteiger partial charge in [-0.1, -0.05) is 26.7 Å². The molecule has 0 aliphatic heterocycles. The lowest BCUT2D eigenvalue weighted by Gasteiger charge is -2.39. The second-order valence-corrected chi connectivity index (χ2v) is 6.39. The van der Waals surface area contributed by atoms with Gasteiger partial charge in [-0.25, -0.2) is 4.98 Å². The molecule has 1 amide bonds. The van der Waals surface area contributed by atoms with Crippen molar-refractivity contribution in [1.82, 2.24) is 15.3 Å². The smallest absolute Gasteiger partial charge is 0.251 e. The van der Waals surface area contributed by atoms with Crippen LogP contribution < -0.4 is 5.32 Å². The summed E-state index contributed by atoms with van der Waals surface area (Å²) in [5.74, 6) is 0.0153. The number of nitrogens with zero attached hydrogens (tertiary/aromatic N) is 1. The minimum Gasteiger partial charge on any atom is -0.349 e. The number of carbonyl (C=O) groups excluding carboxylic acids is 1. The van der Waals surface area contributed by atoms with Crippen molar-refractivity contribution in [2.24, 2.45) is 5.41 Å². The fraction of sp³-hybridized carbons (Fsp3) is 0.500. The number of amides is 1. The van der Waals surface area contributed by atoms with E-state index < -0.39 is 0 Å². The molecule has 0 radical (unpaired) electrons. The highest BCUT2D eigenvalue weighted by Crippen LogP contribution is 2.35. The van der Waals surface area contributed by atoms with Crippen molar-refractivity contribution in [1.29, 1.82) is 0 Å². The number of rotatable bonds is 2. The molecule has 1 atom stereocenters. The lowest BCUT2D eigenvalue weighted by molar-refractivity contribution is 0.0853. The third-order valence-electron chi connectivity index (χ3n) is 4.49. The van der Waals surface area contributed by atoms with Crippen LogP contribution in [-0.4, -0.2) is 21.9 Å². The molecule has 1 heterocycles. The zero-order valence-corrected chi connectivity index (χ0v) is 12.1. The van der Waals surface area contributed by atoms with Gasteiger partial charge < -0.3 is 10.3 Å². The van der Waals surface area contributed by atoms with Crippen molar-refractivity contribution in [2.75, 3.05) is 0 Å². The van der Waals surface area contributed by atoms with Crippen molar-refractivity contribution in [2.45, 2.75) is 45.6 Å². The van der Waals surface area contributed by atoms with Gasteiger partial charge in [0, 0.05) is 11.6 Å². The number of H-pyrrole nitrogens is 1. The molecule has 1 aromatic carbocycles. The SMILES string of the molecule is CC1(C)CCCCC1NC(=O)c1ccc2nc[nH]c2c1. The molecule has 0 spiro atoms. The van der Waals surface area contributed by atoms with Crippen molar-refractivity contribution in [3.05, 3.63) is 30.1 Å². The second-order valence-electron chi connectivity index (χ2n) is 6.39. The van der Waals surface area contributed by atoms with Gasteiger partial charge in [0.2, 0.25) is 0 Å². The summed E-state index contributed by atoms with van der Waals surface area (Å²) in [5.41, 5.74) is 2.68. The number of benzene rings is 1. The van der Waals surface area contributed by atoms with E-state index in [9.17, 15) is 4.79 Å². The Balaban J connectivity index is 1.78. The van der Waals surface area contributed by atoms with E-state index in [-0.39, 0.29) is 17.4 Å². The van der Waals surface area contributed by atoms with Gasteiger partial charge in [-0.05, 0) is 36.5 Å². The van der Waals surface area contributed by atoms with Crippen LogP contribution >= 0.6 is 0 Å². The fourth-order valence-corrected chi connectivity index (χ4v) is 3.08. The Labute approximate surface area is 119 Å². The van der Waals surface area contributed by atoms with Crippen LogP contribution in [0.1, 0.15) is 49.9 Å². The zero-order chi connectivity index (χ0) is 14.2. The number of aromatic nitrogens is 2. The van der Waals surface area contributed by atoms with Gasteiger partial charge in [0.05, 0.1) is 17.4 Å². The quantitative estimate of drug-likeness (QED) is 0.880. The molecule has 1 aliphatic carbocycles. The molecule has 1 saturated carbocycles. The largest absolute Gasteiger partial charge is 0.349 e. The highest BCUT2D eigenvalue weighted by molar-refractivity contribution is 5.97. The third-order valence-corrected chi connectivity index (χ3v) is 4.49. The summed E-state index contributed by atoms with van der Waals surface area (Å²) in [6.07, 6.45) is 6.37. The predicted octanol–water partition coefficient (Wildman–Crippen LogP) is 3.26. The van der Waals surface area contributed by atoms with Crippen LogP contribution in [0.5, 0.6) is 0 Å². The van der Waals surface area contributed by atoms with Gasteiger partial charge >= 0.3 is 0 Å². The maximum Gasteiger partial charge on any atom is 0.251 e. The van der Waals surface area contributed by atoms with E-state index in [1.807, 2.05) is 18.2 Å². The van der Waals surface area contributed by atoms with E-state index in [0.717, 1.165) is 17.5 Å². The van der Waals surface area contributed by atoms with Crippen LogP contribution in [0.3, 0.4) is 0 Å². The topological polar surface area (TPSA) is 57.8 Å². The minimum absolute atomic E-state index is 0.0153. The maximum atomic E-state index is 12.4. The molecule has 1 unspecified atom stereocenters. The summed E-state index contributed by atoms with van der Waals surface area (Å²) >= 11 is 0. The van der Waals surface area contributed by atoms with Crippen molar-refractivity contribution < 1.29 is 4.79 Å². The summed E-state index contributed by atoms with van der Waals surface area (Å²) in [6.45, 7) is 4.49. The number of hydrogen-bond donors (Lipinski definition) is 2. The first kappa shape index (κ1) is 13.2. The number of hydrogen-bond acceptors (Lipinski definition) is 2. The molecule has 1 fully saturated rings. The molecule has 3 rings (SSSR count). The monoisotopic (exact) mass is 271 g/mol. The Morgan fingerprint density at radius 1 is 1.40 bits per heavy atom. The average Bonchev–Trinajstić information content (AvgIpc) is 2.88. The van der Waals surface area contributed by atoms with E-state index >= 15 is 0 Å². The Hall–Kier alpha value is -1.84. The van der Waals surface area contributed by atoms with Gasteiger partial charge in [-0.15, -0.1) is 0 Å². The number of fused-ring (bicyclic) bond motifs is 1. The van der Waals surface area contributed by atoms with E-state index in [1.165, 1.54) is 19.3 Å². The summed E-state index contributed by atoms with van der Waals surface area (Å²) in [7, 11) is 0. The predicted molar refractivity (Wildman–Crippen MR) is 79.6 cm³/mol. The van der Waals surface area contributed by atoms with E-state index in [2.05, 4.69) is 29.1 Å². The summed E-state index contributed by atoms with van der Waals surface area (Å²) < 4.78 is 0. The third kappa shape index (κ3) is 2.42. The molecule has 0 bridgehead atoms. The van der Waals surface area contributed by atoms with Gasteiger partial charge in [-0.2, -0.15) is 0 Å². The molecule has 1 aliphatic rings. The molecule has 1 aromatic heterocycles. The number of nitrogens with one attached hydrogen (secondary N) is 2. The van der Waals surface area contributed by atoms with Crippen LogP contribution in [0.25, 0.3) is 11.0 Å². The minimum atomic E-state index is 0.0153. The number of carbonyl (C=O) groups is 1. The van der Waals surface area contributed by atoms with Gasteiger partial charge in [0.25, 0.3) is 5.91 Å². The first-order valence-corrected chi connectivity index (χ1v) is 7.30. The Bertz CT molecular complexity index is 629. The van der Waals surface area contributed by atoms with E-state index in [0.29, 0.717) is 5.56 Å². The number of imidazole rings is 1. The molecule has 106 valence electrons. The molecule has 2 aromatic rings. The molecular formula is C16H21N3O. The van der Waals surface area contributed by atoms with Crippen molar-refractivity contribution in [3.8, 4) is 0 Å². The van der Waals surface area contributed by atoms with Crippen LogP contribution in [0.2, 0.25) is 0 Å². The lowest BCUT2D eigenvalue weighted by atomic mass is 9.73. The van der Waals surface area contributed by atoms with Gasteiger partial charge in [0.15, 0.2) is 0 Å². The molecule has 20 heavy (non-hydrogen) atoms. The maximum absolute atomic E-state index is 12.4. The standard InChI is InChI=1S/C16H21N3O/c1-16(2)8-4-3-5-14(16)19-15(20)11-6-7-12-13(9-11)18-10-17-12/h6-7,9-10,14H,3-5,8H2,1-2H3,(H,17,18)(H,19,20). The average molecular weight is 271 g/mol. The molecular weight excluding hydrogens is 250 g/mol. The molecule has 0 saturated heterocycles. The first-order valence-electron chi connectivity index (χ1n) is 7.30. The highest BCUT2D eigenvalue weighted by Gasteiger charge is 2.33. The Morgan fingerprint density at radius 2 is 2.25 bits per heavy atom. The molecule has 4 heteroatoms. The fourth-order valence-electron chi connectivity index (χ4n) is 3.08. The van der Waals surface area contributed by atoms with Crippen LogP contribution in [-0.2, 0) is 0 Å².